The summed E-state index contributed by atoms with van der Waals surface area (Å²) >= 11 is 0. The average Bonchev–Trinajstić information content (AvgIpc) is 3.76. The number of benzene rings is 6. The van der Waals surface area contributed by atoms with Gasteiger partial charge in [-0.15, -0.1) is 0 Å². The molecule has 0 radical (unpaired) electrons. The summed E-state index contributed by atoms with van der Waals surface area (Å²) in [7, 11) is -2.02. The van der Waals surface area contributed by atoms with E-state index in [4.69, 9.17) is 18.9 Å². The van der Waals surface area contributed by atoms with Crippen molar-refractivity contribution in [2.24, 2.45) is 0 Å². The molecule has 238 valence electrons. The summed E-state index contributed by atoms with van der Waals surface area (Å²) in [5.41, 5.74) is 6.96. The summed E-state index contributed by atoms with van der Waals surface area (Å²) in [4.78, 5) is 0. The number of ether oxygens (including phenoxy) is 4. The van der Waals surface area contributed by atoms with Crippen molar-refractivity contribution in [2.75, 3.05) is 13.6 Å². The van der Waals surface area contributed by atoms with Crippen LogP contribution in [0.3, 0.4) is 0 Å². The molecule has 0 unspecified atom stereocenters. The van der Waals surface area contributed by atoms with E-state index < -0.39 is 15.8 Å². The number of hydrogen-bond donors (Lipinski definition) is 0. The average molecular weight is 667 g/mol. The predicted molar refractivity (Wildman–Crippen MR) is 200 cm³/mol. The van der Waals surface area contributed by atoms with Crippen molar-refractivity contribution in [1.82, 2.24) is 0 Å². The second-order valence-electron chi connectivity index (χ2n) is 12.4. The molecular weight excluding hydrogens is 630 g/mol. The van der Waals surface area contributed by atoms with Gasteiger partial charge in [-0.3, -0.25) is 0 Å². The molecule has 0 atom stereocenters. The van der Waals surface area contributed by atoms with Gasteiger partial charge in [-0.1, -0.05) is 119 Å². The lowest BCUT2D eigenvalue weighted by atomic mass is 10.0. The van der Waals surface area contributed by atoms with Crippen molar-refractivity contribution in [3.63, 3.8) is 0 Å². The molecule has 8 rings (SSSR count). The van der Waals surface area contributed by atoms with Crippen LogP contribution in [0.15, 0.2) is 121 Å². The molecule has 2 aliphatic heterocycles. The second kappa shape index (κ2) is 12.8. The third-order valence-corrected chi connectivity index (χ3v) is 13.7. The molecule has 0 aromatic heterocycles. The number of rotatable bonds is 7. The van der Waals surface area contributed by atoms with Crippen LogP contribution in [0.2, 0.25) is 0 Å². The first kappa shape index (κ1) is 30.7. The minimum absolute atomic E-state index is 0.171. The van der Waals surface area contributed by atoms with Gasteiger partial charge in [0, 0.05) is 11.1 Å². The fraction of sp³-hybridized carbons (Fsp3) is 0.143. The third kappa shape index (κ3) is 5.64. The van der Waals surface area contributed by atoms with Crippen molar-refractivity contribution in [3.05, 3.63) is 144 Å². The summed E-state index contributed by atoms with van der Waals surface area (Å²) in [5, 5.41) is 7.50. The molecule has 0 bridgehead atoms. The van der Waals surface area contributed by atoms with Crippen LogP contribution in [0, 0.1) is 27.7 Å². The van der Waals surface area contributed by atoms with Gasteiger partial charge in [-0.25, -0.2) is 0 Å². The maximum Gasteiger partial charge on any atom is 0.231 e. The summed E-state index contributed by atoms with van der Waals surface area (Å²) in [6.07, 6.45) is 0. The monoisotopic (exact) mass is 666 g/mol. The Kier molecular flexibility index (Phi) is 8.17. The lowest BCUT2D eigenvalue weighted by Crippen LogP contribution is -2.26. The first-order valence-corrected chi connectivity index (χ1v) is 18.9. The van der Waals surface area contributed by atoms with Gasteiger partial charge >= 0.3 is 0 Å². The predicted octanol–water partition coefficient (Wildman–Crippen LogP) is 7.56. The fourth-order valence-corrected chi connectivity index (χ4v) is 12.0. The third-order valence-electron chi connectivity index (χ3n) is 8.81. The van der Waals surface area contributed by atoms with E-state index in [0.29, 0.717) is 0 Å². The van der Waals surface area contributed by atoms with Crippen LogP contribution in [-0.4, -0.2) is 13.6 Å². The molecule has 6 heteroatoms. The van der Waals surface area contributed by atoms with E-state index in [-0.39, 0.29) is 13.6 Å². The number of hydrogen-bond acceptors (Lipinski definition) is 4. The van der Waals surface area contributed by atoms with Crippen molar-refractivity contribution in [2.45, 2.75) is 27.7 Å². The van der Waals surface area contributed by atoms with Gasteiger partial charge in [-0.2, -0.15) is 0 Å². The van der Waals surface area contributed by atoms with E-state index in [1.165, 1.54) is 54.1 Å². The van der Waals surface area contributed by atoms with E-state index in [2.05, 4.69) is 149 Å². The lowest BCUT2D eigenvalue weighted by Gasteiger charge is -2.28. The van der Waals surface area contributed by atoms with E-state index in [9.17, 15) is 0 Å². The Bertz CT molecular complexity index is 1930. The summed E-state index contributed by atoms with van der Waals surface area (Å²) in [5.74, 6) is 3.01. The van der Waals surface area contributed by atoms with Crippen LogP contribution in [0.4, 0.5) is 0 Å². The highest BCUT2D eigenvalue weighted by Gasteiger charge is 2.35. The molecule has 6 aromatic carbocycles. The molecule has 0 fully saturated rings. The van der Waals surface area contributed by atoms with Crippen LogP contribution in [0.5, 0.6) is 23.0 Å². The first-order valence-electron chi connectivity index (χ1n) is 16.2. The maximum absolute atomic E-state index is 6.44. The van der Waals surface area contributed by atoms with Gasteiger partial charge in [0.25, 0.3) is 0 Å². The van der Waals surface area contributed by atoms with Crippen molar-refractivity contribution in [3.8, 4) is 34.1 Å². The normalized spacial score (nSPS) is 13.0. The molecule has 0 amide bonds. The Morgan fingerprint density at radius 2 is 0.729 bits per heavy atom. The largest absolute Gasteiger partial charge is 0.454 e. The highest BCUT2D eigenvalue weighted by molar-refractivity contribution is 7.80. The first-order chi connectivity index (χ1) is 23.4. The summed E-state index contributed by atoms with van der Waals surface area (Å²) in [6.45, 7) is 9.00. The van der Waals surface area contributed by atoms with Crippen molar-refractivity contribution < 1.29 is 18.9 Å². The van der Waals surface area contributed by atoms with E-state index in [1.54, 1.807) is 0 Å². The van der Waals surface area contributed by atoms with Gasteiger partial charge in [0.2, 0.25) is 13.6 Å². The Hall–Kier alpha value is -4.62. The summed E-state index contributed by atoms with van der Waals surface area (Å²) in [6, 6.07) is 44.3. The van der Waals surface area contributed by atoms with Crippen molar-refractivity contribution >= 4 is 47.7 Å². The molecule has 2 heterocycles. The molecule has 0 N–H and O–H groups in total. The smallest absolute Gasteiger partial charge is 0.231 e. The molecule has 4 nitrogen and oxygen atoms in total. The zero-order valence-electron chi connectivity index (χ0n) is 27.5. The van der Waals surface area contributed by atoms with Crippen molar-refractivity contribution in [1.29, 1.82) is 0 Å². The SMILES string of the molecule is Cc1cccc(P(c2cccc(C)c2)c2ccc3c(c2-c2c(P(c4cccc(C)c4)c4cccc(C)c4)ccc4c2OCO4)OCO3)c1. The second-order valence-corrected chi connectivity index (χ2v) is 16.8. The standard InChI is InChI=1S/C42H36O4P2/c1-27-9-5-13-31(21-27)47(32-14-6-10-28(2)22-32)37-19-17-35-41(45-25-43-35)39(37)40-38(20-18-36-42(40)46-26-44-36)48(33-15-7-11-29(3)23-33)34-16-8-12-30(4)24-34/h5-24H,25-26H2,1-4H3. The van der Waals surface area contributed by atoms with Gasteiger partial charge in [0.15, 0.2) is 23.0 Å². The molecule has 0 aliphatic carbocycles. The molecule has 0 saturated heterocycles. The molecule has 6 aromatic rings. The highest BCUT2D eigenvalue weighted by atomic mass is 31.1. The van der Waals surface area contributed by atoms with E-state index in [1.807, 2.05) is 0 Å². The highest BCUT2D eigenvalue weighted by Crippen LogP contribution is 2.53. The van der Waals surface area contributed by atoms with Crippen LogP contribution in [0.1, 0.15) is 22.3 Å². The van der Waals surface area contributed by atoms with Gasteiger partial charge in [0.1, 0.15) is 0 Å². The van der Waals surface area contributed by atoms with Crippen LogP contribution in [-0.2, 0) is 0 Å². The Morgan fingerprint density at radius 1 is 0.396 bits per heavy atom. The Labute approximate surface area is 284 Å². The quantitative estimate of drug-likeness (QED) is 0.165. The zero-order chi connectivity index (χ0) is 32.8. The molecule has 0 spiro atoms. The number of aryl methyl sites for hydroxylation is 4. The molecular formula is C42H36O4P2. The molecule has 0 saturated carbocycles. The molecule has 2 aliphatic rings. The van der Waals surface area contributed by atoms with Crippen LogP contribution in [0.25, 0.3) is 11.1 Å². The van der Waals surface area contributed by atoms with E-state index >= 15 is 0 Å². The van der Waals surface area contributed by atoms with Gasteiger partial charge < -0.3 is 18.9 Å². The Balaban J connectivity index is 1.48. The fourth-order valence-electron chi connectivity index (χ4n) is 6.70. The lowest BCUT2D eigenvalue weighted by molar-refractivity contribution is 0.173. The van der Waals surface area contributed by atoms with E-state index in [0.717, 1.165) is 34.1 Å². The maximum atomic E-state index is 6.44. The number of fused-ring (bicyclic) bond motifs is 2. The van der Waals surface area contributed by atoms with Crippen LogP contribution >= 0.6 is 15.8 Å². The van der Waals surface area contributed by atoms with Gasteiger partial charge in [-0.05, 0) is 99.6 Å². The minimum Gasteiger partial charge on any atom is -0.454 e. The Morgan fingerprint density at radius 3 is 1.04 bits per heavy atom. The topological polar surface area (TPSA) is 36.9 Å². The van der Waals surface area contributed by atoms with Gasteiger partial charge in [0.05, 0.1) is 0 Å². The molecule has 48 heavy (non-hydrogen) atoms. The summed E-state index contributed by atoms with van der Waals surface area (Å²) < 4.78 is 25.0. The van der Waals surface area contributed by atoms with Crippen LogP contribution < -0.4 is 50.8 Å². The minimum atomic E-state index is -1.01. The zero-order valence-corrected chi connectivity index (χ0v) is 29.3.